The van der Waals surface area contributed by atoms with Gasteiger partial charge in [0.15, 0.2) is 9.34 Å². The van der Waals surface area contributed by atoms with Crippen LogP contribution in [0.5, 0.6) is 0 Å². The molecule has 0 aliphatic rings. The molecule has 0 aliphatic heterocycles. The molecule has 0 radical (unpaired) electrons. The second kappa shape index (κ2) is 8.43. The summed E-state index contributed by atoms with van der Waals surface area (Å²) in [6.45, 7) is 0. The van der Waals surface area contributed by atoms with Crippen LogP contribution in [-0.4, -0.2) is 21.8 Å². The van der Waals surface area contributed by atoms with Gasteiger partial charge >= 0.3 is 0 Å². The summed E-state index contributed by atoms with van der Waals surface area (Å²) in [5.74, 6) is 0. The summed E-state index contributed by atoms with van der Waals surface area (Å²) in [5, 5.41) is 0.430. The predicted molar refractivity (Wildman–Crippen MR) is 122 cm³/mol. The van der Waals surface area contributed by atoms with E-state index in [1.165, 1.54) is 24.3 Å². The van der Waals surface area contributed by atoms with Crippen molar-refractivity contribution in [3.8, 4) is 11.3 Å². The van der Waals surface area contributed by atoms with E-state index in [-0.39, 0.29) is 24.8 Å². The molecular weight excluding hydrogens is 476 g/mol. The SMILES string of the molecule is O=S(=O)(Nc1nc(-c2ccc(Cl)cc2)c(S(=O)(=O)c2ccccc2)s1)c1ccccc1. The normalized spacial score (nSPS) is 11.9. The molecule has 1 heterocycles. The number of benzene rings is 3. The van der Waals surface area contributed by atoms with Crippen LogP contribution in [0.1, 0.15) is 0 Å². The molecule has 4 aromatic rings. The van der Waals surface area contributed by atoms with Crippen LogP contribution in [0.25, 0.3) is 11.3 Å². The van der Waals surface area contributed by atoms with Crippen molar-refractivity contribution in [2.24, 2.45) is 0 Å². The van der Waals surface area contributed by atoms with Crippen molar-refractivity contribution in [3.63, 3.8) is 0 Å². The Bertz CT molecular complexity index is 1420. The summed E-state index contributed by atoms with van der Waals surface area (Å²) in [4.78, 5) is 4.45. The predicted octanol–water partition coefficient (Wildman–Crippen LogP) is 5.10. The number of sulfone groups is 1. The Labute approximate surface area is 189 Å². The van der Waals surface area contributed by atoms with Crippen molar-refractivity contribution in [2.45, 2.75) is 14.0 Å². The maximum atomic E-state index is 13.3. The number of halogens is 1. The molecule has 158 valence electrons. The van der Waals surface area contributed by atoms with Gasteiger partial charge < -0.3 is 0 Å². The first-order chi connectivity index (χ1) is 14.8. The van der Waals surface area contributed by atoms with Crippen molar-refractivity contribution < 1.29 is 16.8 Å². The van der Waals surface area contributed by atoms with E-state index in [9.17, 15) is 16.8 Å². The second-order valence-electron chi connectivity index (χ2n) is 6.40. The molecule has 0 saturated heterocycles. The number of nitrogens with zero attached hydrogens (tertiary/aromatic N) is 1. The molecule has 6 nitrogen and oxygen atoms in total. The van der Waals surface area contributed by atoms with Gasteiger partial charge in [0.2, 0.25) is 9.84 Å². The molecule has 1 aromatic heterocycles. The summed E-state index contributed by atoms with van der Waals surface area (Å²) in [6.07, 6.45) is 0. The van der Waals surface area contributed by atoms with Crippen molar-refractivity contribution >= 4 is 47.9 Å². The highest BCUT2D eigenvalue weighted by Crippen LogP contribution is 2.38. The number of sulfonamides is 1. The fourth-order valence-electron chi connectivity index (χ4n) is 2.80. The van der Waals surface area contributed by atoms with Crippen LogP contribution in [0.15, 0.2) is 98.9 Å². The molecule has 1 N–H and O–H groups in total. The van der Waals surface area contributed by atoms with Crippen molar-refractivity contribution in [1.82, 2.24) is 4.98 Å². The van der Waals surface area contributed by atoms with E-state index in [2.05, 4.69) is 9.71 Å². The average molecular weight is 491 g/mol. The summed E-state index contributed by atoms with van der Waals surface area (Å²) in [5.41, 5.74) is 0.650. The van der Waals surface area contributed by atoms with E-state index in [4.69, 9.17) is 11.6 Å². The van der Waals surface area contributed by atoms with Gasteiger partial charge in [-0.1, -0.05) is 71.5 Å². The maximum Gasteiger partial charge on any atom is 0.263 e. The number of hydrogen-bond acceptors (Lipinski definition) is 6. The third kappa shape index (κ3) is 4.49. The zero-order valence-corrected chi connectivity index (χ0v) is 19.0. The van der Waals surface area contributed by atoms with Gasteiger partial charge in [-0.15, -0.1) is 0 Å². The van der Waals surface area contributed by atoms with Crippen LogP contribution in [0.3, 0.4) is 0 Å². The average Bonchev–Trinajstić information content (AvgIpc) is 3.19. The third-order valence-electron chi connectivity index (χ3n) is 4.29. The largest absolute Gasteiger partial charge is 0.263 e. The monoisotopic (exact) mass is 490 g/mol. The number of thiazole rings is 1. The fraction of sp³-hybridized carbons (Fsp3) is 0. The third-order valence-corrected chi connectivity index (χ3v) is 9.27. The standard InChI is InChI=1S/C21H15ClN2O4S3/c22-16-13-11-15(12-14-16)19-20(30(25,26)17-7-3-1-4-8-17)29-21(23-19)24-31(27,28)18-9-5-2-6-10-18/h1-14H,(H,23,24). The van der Waals surface area contributed by atoms with Gasteiger partial charge in [-0.3, -0.25) is 4.72 Å². The van der Waals surface area contributed by atoms with Crippen LogP contribution in [0, 0.1) is 0 Å². The molecule has 31 heavy (non-hydrogen) atoms. The van der Waals surface area contributed by atoms with Crippen LogP contribution in [-0.2, 0) is 19.9 Å². The minimum absolute atomic E-state index is 0.0470. The Morgan fingerprint density at radius 3 is 1.87 bits per heavy atom. The zero-order valence-electron chi connectivity index (χ0n) is 15.8. The molecule has 0 bridgehead atoms. The van der Waals surface area contributed by atoms with E-state index < -0.39 is 19.9 Å². The van der Waals surface area contributed by atoms with E-state index in [1.807, 2.05) is 0 Å². The summed E-state index contributed by atoms with van der Waals surface area (Å²) in [7, 11) is -7.87. The topological polar surface area (TPSA) is 93.2 Å². The Hall–Kier alpha value is -2.72. The van der Waals surface area contributed by atoms with Crippen LogP contribution < -0.4 is 4.72 Å². The van der Waals surface area contributed by atoms with E-state index in [0.717, 1.165) is 11.3 Å². The van der Waals surface area contributed by atoms with Gasteiger partial charge in [0.25, 0.3) is 10.0 Å². The van der Waals surface area contributed by atoms with Crippen LogP contribution in [0.2, 0.25) is 5.02 Å². The Morgan fingerprint density at radius 1 is 0.742 bits per heavy atom. The van der Waals surface area contributed by atoms with Crippen LogP contribution >= 0.6 is 22.9 Å². The number of rotatable bonds is 6. The highest BCUT2D eigenvalue weighted by Gasteiger charge is 2.28. The van der Waals surface area contributed by atoms with Gasteiger partial charge in [0.05, 0.1) is 9.79 Å². The number of anilines is 1. The zero-order chi connectivity index (χ0) is 22.1. The van der Waals surface area contributed by atoms with E-state index in [1.54, 1.807) is 60.7 Å². The number of nitrogens with one attached hydrogen (secondary N) is 1. The Kier molecular flexibility index (Phi) is 5.85. The number of hydrogen-bond donors (Lipinski definition) is 1. The Morgan fingerprint density at radius 2 is 1.29 bits per heavy atom. The molecule has 3 aromatic carbocycles. The molecule has 10 heteroatoms. The van der Waals surface area contributed by atoms with Gasteiger partial charge in [-0.2, -0.15) is 0 Å². The van der Waals surface area contributed by atoms with Gasteiger partial charge in [0, 0.05) is 10.6 Å². The lowest BCUT2D eigenvalue weighted by molar-refractivity contribution is 0.597. The lowest BCUT2D eigenvalue weighted by atomic mass is 10.2. The molecule has 0 aliphatic carbocycles. The first kappa shape index (κ1) is 21.5. The summed E-state index contributed by atoms with van der Waals surface area (Å²) < 4.78 is 54.4. The highest BCUT2D eigenvalue weighted by atomic mass is 35.5. The van der Waals surface area contributed by atoms with Gasteiger partial charge in [0.1, 0.15) is 5.69 Å². The molecule has 0 saturated carbocycles. The maximum absolute atomic E-state index is 13.3. The summed E-state index contributed by atoms with van der Waals surface area (Å²) in [6, 6.07) is 22.2. The van der Waals surface area contributed by atoms with Crippen LogP contribution in [0.4, 0.5) is 5.13 Å². The molecular formula is C21H15ClN2O4S3. The minimum Gasteiger partial charge on any atom is -0.255 e. The quantitative estimate of drug-likeness (QED) is 0.406. The van der Waals surface area contributed by atoms with Gasteiger partial charge in [-0.05, 0) is 36.4 Å². The smallest absolute Gasteiger partial charge is 0.255 e. The molecule has 0 amide bonds. The van der Waals surface area contributed by atoms with Crippen molar-refractivity contribution in [3.05, 3.63) is 90.0 Å². The molecule has 0 fully saturated rings. The molecule has 0 atom stereocenters. The van der Waals surface area contributed by atoms with E-state index in [0.29, 0.717) is 10.6 Å². The highest BCUT2D eigenvalue weighted by molar-refractivity contribution is 7.94. The first-order valence-electron chi connectivity index (χ1n) is 8.92. The van der Waals surface area contributed by atoms with Crippen molar-refractivity contribution in [2.75, 3.05) is 4.72 Å². The molecule has 4 rings (SSSR count). The second-order valence-corrected chi connectivity index (χ2v) is 11.7. The van der Waals surface area contributed by atoms with Gasteiger partial charge in [-0.25, -0.2) is 21.8 Å². The van der Waals surface area contributed by atoms with Crippen molar-refractivity contribution in [1.29, 1.82) is 0 Å². The molecule has 0 unspecified atom stereocenters. The fourth-order valence-corrected chi connectivity index (χ4v) is 7.02. The summed E-state index contributed by atoms with van der Waals surface area (Å²) >= 11 is 6.72. The Balaban J connectivity index is 1.84. The first-order valence-corrected chi connectivity index (χ1v) is 13.1. The lowest BCUT2D eigenvalue weighted by Gasteiger charge is -2.05. The number of aromatic nitrogens is 1. The molecule has 0 spiro atoms. The lowest BCUT2D eigenvalue weighted by Crippen LogP contribution is -2.12. The minimum atomic E-state index is -3.94. The van der Waals surface area contributed by atoms with E-state index >= 15 is 0 Å².